The van der Waals surface area contributed by atoms with Crippen LogP contribution in [0.1, 0.15) is 51.6 Å². The van der Waals surface area contributed by atoms with Crippen molar-refractivity contribution in [3.8, 4) is 5.75 Å². The molecule has 2 rings (SSSR count). The molecule has 106 valence electrons. The smallest absolute Gasteiger partial charge is 0.123 e. The molecular weight excluding hydrogens is 236 g/mol. The van der Waals surface area contributed by atoms with Crippen molar-refractivity contribution in [1.29, 1.82) is 0 Å². The number of nitrogens with one attached hydrogen (secondary N) is 1. The molecule has 0 saturated heterocycles. The third kappa shape index (κ3) is 4.83. The first kappa shape index (κ1) is 14.3. The van der Waals surface area contributed by atoms with E-state index in [0.29, 0.717) is 6.10 Å². The first-order chi connectivity index (χ1) is 9.28. The molecular formula is C16H26N2O. The van der Waals surface area contributed by atoms with Crippen LogP contribution in [0.3, 0.4) is 0 Å². The van der Waals surface area contributed by atoms with Crippen LogP contribution < -0.4 is 10.1 Å². The first-order valence-corrected chi connectivity index (χ1v) is 7.60. The number of hydrogen-bond donors (Lipinski definition) is 1. The van der Waals surface area contributed by atoms with Gasteiger partial charge in [0.2, 0.25) is 0 Å². The second-order valence-electron chi connectivity index (χ2n) is 5.66. The summed E-state index contributed by atoms with van der Waals surface area (Å²) in [5.74, 6) is 1.84. The van der Waals surface area contributed by atoms with Crippen LogP contribution >= 0.6 is 0 Å². The molecule has 0 unspecified atom stereocenters. The number of nitrogens with zero attached hydrogens (tertiary/aromatic N) is 1. The Balaban J connectivity index is 1.84. The summed E-state index contributed by atoms with van der Waals surface area (Å²) in [6.45, 7) is 6.37. The zero-order valence-electron chi connectivity index (χ0n) is 12.2. The maximum Gasteiger partial charge on any atom is 0.123 e. The van der Waals surface area contributed by atoms with Gasteiger partial charge in [-0.15, -0.1) is 0 Å². The molecule has 0 atom stereocenters. The van der Waals surface area contributed by atoms with Gasteiger partial charge in [-0.05, 0) is 50.6 Å². The molecule has 1 saturated carbocycles. The van der Waals surface area contributed by atoms with Crippen molar-refractivity contribution in [1.82, 2.24) is 10.3 Å². The van der Waals surface area contributed by atoms with Crippen molar-refractivity contribution in [2.24, 2.45) is 5.92 Å². The summed E-state index contributed by atoms with van der Waals surface area (Å²) >= 11 is 0. The summed E-state index contributed by atoms with van der Waals surface area (Å²) in [5, 5.41) is 3.37. The van der Waals surface area contributed by atoms with Crippen LogP contribution in [0.15, 0.2) is 18.3 Å². The van der Waals surface area contributed by atoms with E-state index in [1.807, 2.05) is 12.3 Å². The van der Waals surface area contributed by atoms with Crippen molar-refractivity contribution < 1.29 is 4.74 Å². The van der Waals surface area contributed by atoms with Crippen LogP contribution in [0.2, 0.25) is 0 Å². The first-order valence-electron chi connectivity index (χ1n) is 7.60. The second kappa shape index (κ2) is 7.49. The Labute approximate surface area is 116 Å². The average Bonchev–Trinajstić information content (AvgIpc) is 2.42. The maximum absolute atomic E-state index is 6.08. The minimum atomic E-state index is 0.398. The molecule has 0 bridgehead atoms. The molecule has 1 aliphatic rings. The number of rotatable bonds is 6. The minimum Gasteiger partial charge on any atom is -0.490 e. The summed E-state index contributed by atoms with van der Waals surface area (Å²) in [7, 11) is 0. The third-order valence-electron chi connectivity index (χ3n) is 3.79. The Hall–Kier alpha value is -1.09. The van der Waals surface area contributed by atoms with E-state index in [9.17, 15) is 0 Å². The number of hydrogen-bond acceptors (Lipinski definition) is 3. The molecule has 0 aromatic carbocycles. The molecule has 1 aromatic rings. The van der Waals surface area contributed by atoms with Crippen LogP contribution in [0.5, 0.6) is 5.75 Å². The standard InChI is InChI=1S/C16H26N2O/c1-3-9-17-12-14-11-16(8-10-18-14)19-15-6-4-13(2)5-7-15/h8,10-11,13,15,17H,3-7,9,12H2,1-2H3. The van der Waals surface area contributed by atoms with E-state index >= 15 is 0 Å². The van der Waals surface area contributed by atoms with Gasteiger partial charge in [-0.2, -0.15) is 0 Å². The fraction of sp³-hybridized carbons (Fsp3) is 0.688. The SMILES string of the molecule is CCCNCc1cc(OC2CCC(C)CC2)ccn1. The van der Waals surface area contributed by atoms with Gasteiger partial charge >= 0.3 is 0 Å². The van der Waals surface area contributed by atoms with Gasteiger partial charge in [0.05, 0.1) is 11.8 Å². The largest absolute Gasteiger partial charge is 0.490 e. The monoisotopic (exact) mass is 262 g/mol. The van der Waals surface area contributed by atoms with Gasteiger partial charge < -0.3 is 10.1 Å². The molecule has 0 radical (unpaired) electrons. The zero-order chi connectivity index (χ0) is 13.5. The molecule has 0 aliphatic heterocycles. The molecule has 3 heteroatoms. The summed E-state index contributed by atoms with van der Waals surface area (Å²) in [6, 6.07) is 4.04. The van der Waals surface area contributed by atoms with Crippen molar-refractivity contribution in [3.05, 3.63) is 24.0 Å². The third-order valence-corrected chi connectivity index (χ3v) is 3.79. The normalized spacial score (nSPS) is 23.3. The quantitative estimate of drug-likeness (QED) is 0.796. The fourth-order valence-electron chi connectivity index (χ4n) is 2.56. The second-order valence-corrected chi connectivity index (χ2v) is 5.66. The number of aromatic nitrogens is 1. The van der Waals surface area contributed by atoms with Crippen molar-refractivity contribution in [2.45, 2.75) is 58.6 Å². The highest BCUT2D eigenvalue weighted by Gasteiger charge is 2.19. The molecule has 1 aromatic heterocycles. The molecule has 0 amide bonds. The molecule has 0 spiro atoms. The lowest BCUT2D eigenvalue weighted by Gasteiger charge is -2.26. The predicted molar refractivity (Wildman–Crippen MR) is 78.3 cm³/mol. The number of pyridine rings is 1. The van der Waals surface area contributed by atoms with Crippen molar-refractivity contribution >= 4 is 0 Å². The van der Waals surface area contributed by atoms with E-state index in [4.69, 9.17) is 4.74 Å². The van der Waals surface area contributed by atoms with Crippen LogP contribution in [0, 0.1) is 5.92 Å². The van der Waals surface area contributed by atoms with Gasteiger partial charge in [-0.25, -0.2) is 0 Å². The van der Waals surface area contributed by atoms with Gasteiger partial charge in [0.15, 0.2) is 0 Å². The van der Waals surface area contributed by atoms with Crippen LogP contribution in [-0.4, -0.2) is 17.6 Å². The molecule has 1 heterocycles. The predicted octanol–water partition coefficient (Wildman–Crippen LogP) is 3.54. The summed E-state index contributed by atoms with van der Waals surface area (Å²) in [5.41, 5.74) is 1.06. The van der Waals surface area contributed by atoms with Gasteiger partial charge in [0.1, 0.15) is 5.75 Å². The zero-order valence-corrected chi connectivity index (χ0v) is 12.2. The number of ether oxygens (including phenoxy) is 1. The Morgan fingerprint density at radius 2 is 2.11 bits per heavy atom. The Bertz CT molecular complexity index is 373. The van der Waals surface area contributed by atoms with Gasteiger partial charge in [-0.1, -0.05) is 13.8 Å². The van der Waals surface area contributed by atoms with Crippen molar-refractivity contribution in [2.75, 3.05) is 6.54 Å². The van der Waals surface area contributed by atoms with E-state index in [0.717, 1.165) is 36.9 Å². The molecule has 1 N–H and O–H groups in total. The highest BCUT2D eigenvalue weighted by molar-refractivity contribution is 5.23. The summed E-state index contributed by atoms with van der Waals surface area (Å²) in [6.07, 6.45) is 8.36. The lowest BCUT2D eigenvalue weighted by molar-refractivity contribution is 0.135. The Morgan fingerprint density at radius 1 is 1.32 bits per heavy atom. The minimum absolute atomic E-state index is 0.398. The van der Waals surface area contributed by atoms with Crippen LogP contribution in [-0.2, 0) is 6.54 Å². The van der Waals surface area contributed by atoms with E-state index in [-0.39, 0.29) is 0 Å². The maximum atomic E-state index is 6.08. The average molecular weight is 262 g/mol. The van der Waals surface area contributed by atoms with E-state index in [2.05, 4.69) is 30.2 Å². The lowest BCUT2D eigenvalue weighted by Crippen LogP contribution is -2.23. The molecule has 1 fully saturated rings. The van der Waals surface area contributed by atoms with E-state index < -0.39 is 0 Å². The summed E-state index contributed by atoms with van der Waals surface area (Å²) < 4.78 is 6.08. The van der Waals surface area contributed by atoms with E-state index in [1.54, 1.807) is 0 Å². The topological polar surface area (TPSA) is 34.1 Å². The molecule has 19 heavy (non-hydrogen) atoms. The van der Waals surface area contributed by atoms with Gasteiger partial charge in [0.25, 0.3) is 0 Å². The highest BCUT2D eigenvalue weighted by atomic mass is 16.5. The molecule has 1 aliphatic carbocycles. The lowest BCUT2D eigenvalue weighted by atomic mass is 9.89. The Morgan fingerprint density at radius 3 is 2.84 bits per heavy atom. The molecule has 3 nitrogen and oxygen atoms in total. The van der Waals surface area contributed by atoms with Crippen LogP contribution in [0.25, 0.3) is 0 Å². The highest BCUT2D eigenvalue weighted by Crippen LogP contribution is 2.27. The fourth-order valence-corrected chi connectivity index (χ4v) is 2.56. The van der Waals surface area contributed by atoms with Crippen molar-refractivity contribution in [3.63, 3.8) is 0 Å². The Kier molecular flexibility index (Phi) is 5.64. The van der Waals surface area contributed by atoms with E-state index in [1.165, 1.54) is 25.7 Å². The van der Waals surface area contributed by atoms with Gasteiger partial charge in [0, 0.05) is 18.8 Å². The van der Waals surface area contributed by atoms with Crippen LogP contribution in [0.4, 0.5) is 0 Å². The van der Waals surface area contributed by atoms with Gasteiger partial charge in [-0.3, -0.25) is 4.98 Å². The summed E-state index contributed by atoms with van der Waals surface area (Å²) in [4.78, 5) is 4.37.